The number of rotatable bonds is 8. The van der Waals surface area contributed by atoms with Gasteiger partial charge in [-0.3, -0.25) is 0 Å². The van der Waals surface area contributed by atoms with Gasteiger partial charge in [0.2, 0.25) is 0 Å². The molecule has 2 aliphatic rings. The van der Waals surface area contributed by atoms with Gasteiger partial charge in [-0.2, -0.15) is 0 Å². The molecule has 0 amide bonds. The number of hydrogen-bond acceptors (Lipinski definition) is 2. The molecule has 0 radical (unpaired) electrons. The van der Waals surface area contributed by atoms with Gasteiger partial charge in [-0.05, 0) is 184 Å². The van der Waals surface area contributed by atoms with E-state index in [2.05, 4.69) is 360 Å². The fraction of sp³-hybridized carbons (Fsp3) is 0.124. The second kappa shape index (κ2) is 21.6. The molecule has 13 aromatic carbocycles. The molecule has 4 heterocycles. The highest BCUT2D eigenvalue weighted by molar-refractivity contribution is 7.00. The fourth-order valence-corrected chi connectivity index (χ4v) is 15.6. The summed E-state index contributed by atoms with van der Waals surface area (Å²) in [5.41, 5.74) is 32.9. The van der Waals surface area contributed by atoms with Gasteiger partial charge >= 0.3 is 0 Å². The average Bonchev–Trinajstić information content (AvgIpc) is 0.812. The minimum atomic E-state index is -0.198. The lowest BCUT2D eigenvalue weighted by atomic mass is 9.33. The van der Waals surface area contributed by atoms with Gasteiger partial charge < -0.3 is 18.9 Å². The monoisotopic (exact) mass is 1210 g/mol. The van der Waals surface area contributed by atoms with Crippen LogP contribution in [-0.2, 0) is 10.8 Å². The number of para-hydroxylation sites is 2. The van der Waals surface area contributed by atoms with Gasteiger partial charge in [0.1, 0.15) is 0 Å². The Labute approximate surface area is 552 Å². The van der Waals surface area contributed by atoms with E-state index in [0.717, 1.165) is 45.5 Å². The van der Waals surface area contributed by atoms with Crippen LogP contribution in [0, 0.1) is 20.8 Å². The van der Waals surface area contributed by atoms with Crippen LogP contribution in [0.15, 0.2) is 279 Å². The molecular formula is C89H73BN4. The number of anilines is 6. The van der Waals surface area contributed by atoms with Crippen LogP contribution in [0.5, 0.6) is 0 Å². The van der Waals surface area contributed by atoms with Crippen LogP contribution in [0.25, 0.3) is 99.5 Å². The number of benzene rings is 13. The topological polar surface area (TPSA) is 16.3 Å². The zero-order valence-electron chi connectivity index (χ0n) is 54.9. The van der Waals surface area contributed by atoms with Crippen molar-refractivity contribution in [2.24, 2.45) is 0 Å². The van der Waals surface area contributed by atoms with E-state index in [-0.39, 0.29) is 17.5 Å². The van der Waals surface area contributed by atoms with E-state index in [0.29, 0.717) is 0 Å². The number of aryl methyl sites for hydroxylation is 3. The summed E-state index contributed by atoms with van der Waals surface area (Å²) in [5, 5.41) is 4.99. The lowest BCUT2D eigenvalue weighted by molar-refractivity contribution is 0.590. The van der Waals surface area contributed by atoms with E-state index in [4.69, 9.17) is 0 Å². The standard InChI is InChI=1S/C89H73BN4/c1-56-38-44-79-73(46-56)74-47-57(2)39-45-80(74)92(79)66-41-43-76-82(55-66)94(87-71(61-30-18-12-19-31-61)52-64(89(7,8)9)53-72(87)62-32-20-13-21-33-62)84-49-58(3)48-83-85(84)90(76)75-42-40-65(91-77-36-24-22-34-67(77)68-35-23-25-37-78(68)91)54-81(75)93(83)86-69(59-26-14-10-15-27-59)50-63(88(4,5)6)51-70(86)60-28-16-11-17-29-60/h10-55H,1-9H3. The third kappa shape index (κ3) is 9.11. The summed E-state index contributed by atoms with van der Waals surface area (Å²) in [4.78, 5) is 5.40. The van der Waals surface area contributed by atoms with Gasteiger partial charge in [0.15, 0.2) is 0 Å². The third-order valence-corrected chi connectivity index (χ3v) is 20.1. The van der Waals surface area contributed by atoms with E-state index >= 15 is 0 Å². The second-order valence-electron chi connectivity index (χ2n) is 28.4. The maximum atomic E-state index is 2.70. The molecule has 0 saturated heterocycles. The first-order chi connectivity index (χ1) is 45.6. The Kier molecular flexibility index (Phi) is 13.1. The van der Waals surface area contributed by atoms with Crippen molar-refractivity contribution < 1.29 is 0 Å². The van der Waals surface area contributed by atoms with Crippen LogP contribution in [0.3, 0.4) is 0 Å². The summed E-state index contributed by atoms with van der Waals surface area (Å²) < 4.78 is 5.01. The van der Waals surface area contributed by atoms with Gasteiger partial charge in [-0.15, -0.1) is 0 Å². The first-order valence-electron chi connectivity index (χ1n) is 33.3. The highest BCUT2D eigenvalue weighted by Gasteiger charge is 2.46. The predicted octanol–water partition coefficient (Wildman–Crippen LogP) is 22.2. The Morgan fingerprint density at radius 3 is 0.957 bits per heavy atom. The maximum absolute atomic E-state index is 2.70. The molecule has 4 nitrogen and oxygen atoms in total. The van der Waals surface area contributed by atoms with Gasteiger partial charge in [-0.25, -0.2) is 0 Å². The van der Waals surface area contributed by atoms with Crippen LogP contribution in [0.4, 0.5) is 34.1 Å². The van der Waals surface area contributed by atoms with Crippen molar-refractivity contribution in [3.05, 3.63) is 307 Å². The van der Waals surface area contributed by atoms with Crippen LogP contribution in [-0.4, -0.2) is 15.8 Å². The van der Waals surface area contributed by atoms with Crippen LogP contribution in [0.1, 0.15) is 69.4 Å². The van der Waals surface area contributed by atoms with E-state index in [1.165, 1.54) is 132 Å². The van der Waals surface area contributed by atoms with Crippen molar-refractivity contribution >= 4 is 101 Å². The molecule has 0 atom stereocenters. The molecule has 0 spiro atoms. The zero-order valence-corrected chi connectivity index (χ0v) is 54.9. The first-order valence-corrected chi connectivity index (χ1v) is 33.3. The van der Waals surface area contributed by atoms with Crippen molar-refractivity contribution in [2.75, 3.05) is 9.80 Å². The van der Waals surface area contributed by atoms with Gasteiger partial charge in [0, 0.05) is 77.9 Å². The number of fused-ring (bicyclic) bond motifs is 10. The molecule has 17 rings (SSSR count). The van der Waals surface area contributed by atoms with Gasteiger partial charge in [0.05, 0.1) is 33.4 Å². The van der Waals surface area contributed by atoms with E-state index < -0.39 is 0 Å². The van der Waals surface area contributed by atoms with Crippen molar-refractivity contribution in [1.29, 1.82) is 0 Å². The Bertz CT molecular complexity index is 5310. The lowest BCUT2D eigenvalue weighted by Gasteiger charge is -2.46. The summed E-state index contributed by atoms with van der Waals surface area (Å²) >= 11 is 0. The first kappa shape index (κ1) is 57.1. The summed E-state index contributed by atoms with van der Waals surface area (Å²) in [6.45, 7) is 20.6. The van der Waals surface area contributed by atoms with E-state index in [1.54, 1.807) is 0 Å². The largest absolute Gasteiger partial charge is 0.310 e. The Hall–Kier alpha value is -10.9. The molecule has 94 heavy (non-hydrogen) atoms. The normalized spacial score (nSPS) is 12.9. The number of nitrogens with zero attached hydrogens (tertiary/aromatic N) is 4. The van der Waals surface area contributed by atoms with Crippen molar-refractivity contribution in [1.82, 2.24) is 9.13 Å². The molecule has 0 aliphatic carbocycles. The Balaban J connectivity index is 1.05. The summed E-state index contributed by atoms with van der Waals surface area (Å²) in [7, 11) is 0. The van der Waals surface area contributed by atoms with Crippen molar-refractivity contribution in [2.45, 2.75) is 73.1 Å². The third-order valence-electron chi connectivity index (χ3n) is 20.1. The zero-order chi connectivity index (χ0) is 63.9. The van der Waals surface area contributed by atoms with Crippen LogP contribution in [0.2, 0.25) is 0 Å². The smallest absolute Gasteiger partial charge is 0.252 e. The summed E-state index contributed by atoms with van der Waals surface area (Å²) in [6.07, 6.45) is 0. The number of aromatic nitrogens is 2. The Morgan fingerprint density at radius 2 is 0.606 bits per heavy atom. The quantitative estimate of drug-likeness (QED) is 0.141. The fourth-order valence-electron chi connectivity index (χ4n) is 15.6. The predicted molar refractivity (Wildman–Crippen MR) is 402 cm³/mol. The minimum absolute atomic E-state index is 0.168. The maximum Gasteiger partial charge on any atom is 0.252 e. The highest BCUT2D eigenvalue weighted by atomic mass is 15.2. The van der Waals surface area contributed by atoms with Crippen LogP contribution >= 0.6 is 0 Å². The number of hydrogen-bond donors (Lipinski definition) is 0. The molecule has 2 aromatic heterocycles. The molecule has 2 aliphatic heterocycles. The Morgan fingerprint density at radius 1 is 0.277 bits per heavy atom. The molecule has 5 heteroatoms. The second-order valence-corrected chi connectivity index (χ2v) is 28.4. The minimum Gasteiger partial charge on any atom is -0.310 e. The van der Waals surface area contributed by atoms with Gasteiger partial charge in [-0.1, -0.05) is 235 Å². The molecule has 0 fully saturated rings. The molecule has 0 unspecified atom stereocenters. The molecule has 15 aromatic rings. The summed E-state index contributed by atoms with van der Waals surface area (Å²) in [6, 6.07) is 106. The molecule has 0 bridgehead atoms. The molecular weight excluding hydrogens is 1140 g/mol. The van der Waals surface area contributed by atoms with Gasteiger partial charge in [0.25, 0.3) is 6.71 Å². The van der Waals surface area contributed by atoms with Crippen molar-refractivity contribution in [3.8, 4) is 55.9 Å². The molecule has 0 saturated carbocycles. The van der Waals surface area contributed by atoms with Crippen molar-refractivity contribution in [3.63, 3.8) is 0 Å². The molecule has 0 N–H and O–H groups in total. The van der Waals surface area contributed by atoms with E-state index in [9.17, 15) is 0 Å². The van der Waals surface area contributed by atoms with Crippen LogP contribution < -0.4 is 26.2 Å². The average molecular weight is 1210 g/mol. The lowest BCUT2D eigenvalue weighted by Crippen LogP contribution is -2.61. The molecule has 452 valence electrons. The summed E-state index contributed by atoms with van der Waals surface area (Å²) in [5.74, 6) is 0. The SMILES string of the molecule is Cc1cc2c3c(c1)N(c1c(-c4ccccc4)cc(C(C)(C)C)cc1-c1ccccc1)c1cc(-n4c5ccc(C)cc5c5cc(C)ccc54)ccc1B3c1ccc(-n3c4ccccc4c4ccccc43)cc1N2c1c(-c2ccccc2)cc(C(C)(C)C)cc1-c1ccccc1. The highest BCUT2D eigenvalue weighted by Crippen LogP contribution is 2.55. The van der Waals surface area contributed by atoms with E-state index in [1.807, 2.05) is 0 Å².